The number of benzene rings is 1. The Hall–Kier alpha value is -1.06. The van der Waals surface area contributed by atoms with Gasteiger partial charge in [-0.15, -0.1) is 0 Å². The molecule has 3 nitrogen and oxygen atoms in total. The average molecular weight is 214 g/mol. The third-order valence-corrected chi connectivity index (χ3v) is 1.94. The first-order valence-corrected chi connectivity index (χ1v) is 4.69. The lowest BCUT2D eigenvalue weighted by molar-refractivity contribution is 0.127. The van der Waals surface area contributed by atoms with Crippen LogP contribution in [0.15, 0.2) is 35.5 Å². The normalized spacial score (nSPS) is 11.6. The average Bonchev–Trinajstić information content (AvgIpc) is 2.25. The topological polar surface area (TPSA) is 41.8 Å². The van der Waals surface area contributed by atoms with Crippen LogP contribution in [0.3, 0.4) is 0 Å². The molecule has 0 unspecified atom stereocenters. The van der Waals surface area contributed by atoms with E-state index in [2.05, 4.69) is 5.16 Å². The van der Waals surface area contributed by atoms with Crippen LogP contribution in [0.4, 0.5) is 0 Å². The molecule has 0 spiro atoms. The van der Waals surface area contributed by atoms with E-state index < -0.39 is 0 Å². The maximum atomic E-state index is 8.25. The van der Waals surface area contributed by atoms with E-state index in [4.69, 9.17) is 21.5 Å². The number of nitrogens with zero attached hydrogens (tertiary/aromatic N) is 1. The van der Waals surface area contributed by atoms with E-state index in [9.17, 15) is 0 Å². The first kappa shape index (κ1) is 11.0. The summed E-state index contributed by atoms with van der Waals surface area (Å²) in [6.07, 6.45) is 0.435. The van der Waals surface area contributed by atoms with Crippen molar-refractivity contribution in [3.05, 3.63) is 35.9 Å². The Morgan fingerprint density at radius 1 is 1.36 bits per heavy atom. The molecule has 1 aromatic rings. The van der Waals surface area contributed by atoms with Gasteiger partial charge in [0.15, 0.2) is 0 Å². The van der Waals surface area contributed by atoms with Gasteiger partial charge in [-0.05, 0) is 5.56 Å². The van der Waals surface area contributed by atoms with E-state index >= 15 is 0 Å². The Kier molecular flexibility index (Phi) is 5.04. The van der Waals surface area contributed by atoms with Crippen molar-refractivity contribution in [3.8, 4) is 0 Å². The first-order chi connectivity index (χ1) is 6.83. The molecule has 0 saturated heterocycles. The summed E-state index contributed by atoms with van der Waals surface area (Å²) in [5.41, 5.74) is 1.12. The molecule has 0 heterocycles. The summed E-state index contributed by atoms with van der Waals surface area (Å²) in [7, 11) is 0. The SMILES string of the molecule is O/N=C(\Cl)CCOCc1ccccc1. The summed E-state index contributed by atoms with van der Waals surface area (Å²) >= 11 is 5.47. The molecular weight excluding hydrogens is 202 g/mol. The molecule has 0 amide bonds. The minimum Gasteiger partial charge on any atom is -0.410 e. The zero-order valence-corrected chi connectivity index (χ0v) is 8.44. The number of rotatable bonds is 5. The Bertz CT molecular complexity index is 287. The minimum atomic E-state index is 0.165. The molecule has 0 atom stereocenters. The van der Waals surface area contributed by atoms with Crippen LogP contribution in [0.5, 0.6) is 0 Å². The second-order valence-corrected chi connectivity index (χ2v) is 3.20. The van der Waals surface area contributed by atoms with Crippen molar-refractivity contribution in [2.24, 2.45) is 5.16 Å². The van der Waals surface area contributed by atoms with Gasteiger partial charge in [0.2, 0.25) is 0 Å². The van der Waals surface area contributed by atoms with E-state index in [0.29, 0.717) is 19.6 Å². The third-order valence-electron chi connectivity index (χ3n) is 1.67. The quantitative estimate of drug-likeness (QED) is 0.354. The van der Waals surface area contributed by atoms with Crippen molar-refractivity contribution in [3.63, 3.8) is 0 Å². The second kappa shape index (κ2) is 6.40. The Morgan fingerprint density at radius 3 is 2.71 bits per heavy atom. The summed E-state index contributed by atoms with van der Waals surface area (Å²) in [5.74, 6) is 0. The van der Waals surface area contributed by atoms with Gasteiger partial charge >= 0.3 is 0 Å². The van der Waals surface area contributed by atoms with Crippen molar-refractivity contribution < 1.29 is 9.94 Å². The standard InChI is InChI=1S/C10H12ClNO2/c11-10(12-13)6-7-14-8-9-4-2-1-3-5-9/h1-5,13H,6-8H2/b12-10-. The number of hydrogen-bond donors (Lipinski definition) is 1. The first-order valence-electron chi connectivity index (χ1n) is 4.31. The summed E-state index contributed by atoms with van der Waals surface area (Å²) in [6, 6.07) is 9.85. The van der Waals surface area contributed by atoms with Crippen LogP contribution in [-0.4, -0.2) is 17.0 Å². The van der Waals surface area contributed by atoms with Crippen LogP contribution in [0, 0.1) is 0 Å². The molecule has 0 aliphatic heterocycles. The predicted octanol–water partition coefficient (Wildman–Crippen LogP) is 2.62. The lowest BCUT2D eigenvalue weighted by atomic mass is 10.2. The van der Waals surface area contributed by atoms with Gasteiger partial charge in [-0.3, -0.25) is 0 Å². The van der Waals surface area contributed by atoms with Gasteiger partial charge in [0.1, 0.15) is 5.17 Å². The molecule has 14 heavy (non-hydrogen) atoms. The Labute approximate surface area is 88.0 Å². The molecule has 0 aromatic heterocycles. The van der Waals surface area contributed by atoms with Gasteiger partial charge in [-0.2, -0.15) is 0 Å². The van der Waals surface area contributed by atoms with E-state index in [1.165, 1.54) is 0 Å². The van der Waals surface area contributed by atoms with Gasteiger partial charge in [0.25, 0.3) is 0 Å². The highest BCUT2D eigenvalue weighted by molar-refractivity contribution is 6.65. The molecule has 4 heteroatoms. The molecule has 1 aromatic carbocycles. The van der Waals surface area contributed by atoms with Crippen LogP contribution < -0.4 is 0 Å². The summed E-state index contributed by atoms with van der Waals surface area (Å²) in [4.78, 5) is 0. The molecule has 0 fully saturated rings. The summed E-state index contributed by atoms with van der Waals surface area (Å²) < 4.78 is 5.32. The molecular formula is C10H12ClNO2. The third kappa shape index (κ3) is 4.25. The number of hydrogen-bond acceptors (Lipinski definition) is 3. The molecule has 0 aliphatic carbocycles. The van der Waals surface area contributed by atoms with E-state index in [1.807, 2.05) is 30.3 Å². The fourth-order valence-corrected chi connectivity index (χ4v) is 1.05. The lowest BCUT2D eigenvalue weighted by Crippen LogP contribution is -1.99. The van der Waals surface area contributed by atoms with Crippen molar-refractivity contribution >= 4 is 16.8 Å². The zero-order chi connectivity index (χ0) is 10.2. The number of halogens is 1. The van der Waals surface area contributed by atoms with Crippen molar-refractivity contribution in [1.82, 2.24) is 0 Å². The monoisotopic (exact) mass is 213 g/mol. The maximum Gasteiger partial charge on any atom is 0.147 e. The van der Waals surface area contributed by atoms with Crippen LogP contribution in [0.1, 0.15) is 12.0 Å². The number of oxime groups is 1. The van der Waals surface area contributed by atoms with Gasteiger partial charge in [0.05, 0.1) is 13.2 Å². The van der Waals surface area contributed by atoms with Crippen molar-refractivity contribution in [1.29, 1.82) is 0 Å². The minimum absolute atomic E-state index is 0.165. The van der Waals surface area contributed by atoms with Gasteiger partial charge in [0, 0.05) is 6.42 Å². The predicted molar refractivity (Wildman–Crippen MR) is 55.8 cm³/mol. The molecule has 0 bridgehead atoms. The Balaban J connectivity index is 2.17. The van der Waals surface area contributed by atoms with Crippen molar-refractivity contribution in [2.45, 2.75) is 13.0 Å². The molecule has 0 aliphatic rings. The fraction of sp³-hybridized carbons (Fsp3) is 0.300. The largest absolute Gasteiger partial charge is 0.410 e. The summed E-state index contributed by atoms with van der Waals surface area (Å²) in [6.45, 7) is 1.01. The highest BCUT2D eigenvalue weighted by Crippen LogP contribution is 2.01. The maximum absolute atomic E-state index is 8.25. The van der Waals surface area contributed by atoms with E-state index in [0.717, 1.165) is 5.56 Å². The van der Waals surface area contributed by atoms with Gasteiger partial charge < -0.3 is 9.94 Å². The van der Waals surface area contributed by atoms with Gasteiger partial charge in [-0.25, -0.2) is 0 Å². The highest BCUT2D eigenvalue weighted by atomic mass is 35.5. The molecule has 1 rings (SSSR count). The fourth-order valence-electron chi connectivity index (χ4n) is 0.971. The zero-order valence-electron chi connectivity index (χ0n) is 7.69. The van der Waals surface area contributed by atoms with Crippen LogP contribution >= 0.6 is 11.6 Å². The van der Waals surface area contributed by atoms with Crippen LogP contribution in [0.2, 0.25) is 0 Å². The second-order valence-electron chi connectivity index (χ2n) is 2.76. The highest BCUT2D eigenvalue weighted by Gasteiger charge is 1.95. The lowest BCUT2D eigenvalue weighted by Gasteiger charge is -2.02. The Morgan fingerprint density at radius 2 is 2.07 bits per heavy atom. The van der Waals surface area contributed by atoms with E-state index in [-0.39, 0.29) is 5.17 Å². The number of ether oxygens (including phenoxy) is 1. The van der Waals surface area contributed by atoms with Crippen LogP contribution in [0.25, 0.3) is 0 Å². The molecule has 76 valence electrons. The summed E-state index contributed by atoms with van der Waals surface area (Å²) in [5, 5.41) is 11.3. The molecule has 0 saturated carbocycles. The van der Waals surface area contributed by atoms with Crippen LogP contribution in [-0.2, 0) is 11.3 Å². The van der Waals surface area contributed by atoms with E-state index in [1.54, 1.807) is 0 Å². The van der Waals surface area contributed by atoms with Gasteiger partial charge in [-0.1, -0.05) is 47.1 Å². The molecule has 0 radical (unpaired) electrons. The smallest absolute Gasteiger partial charge is 0.147 e. The van der Waals surface area contributed by atoms with Crippen molar-refractivity contribution in [2.75, 3.05) is 6.61 Å². The molecule has 1 N–H and O–H groups in total.